The molecule has 7 nitrogen and oxygen atoms in total. The van der Waals surface area contributed by atoms with Crippen LogP contribution in [0.5, 0.6) is 11.5 Å². The second kappa shape index (κ2) is 12.4. The molecular formula is C31H31NO6S. The molecule has 1 N–H and O–H groups in total. The normalized spacial score (nSPS) is 13.9. The summed E-state index contributed by atoms with van der Waals surface area (Å²) in [5.74, 6) is 0.899. The van der Waals surface area contributed by atoms with Gasteiger partial charge in [-0.15, -0.1) is 0 Å². The van der Waals surface area contributed by atoms with Crippen molar-refractivity contribution in [2.45, 2.75) is 23.6 Å². The summed E-state index contributed by atoms with van der Waals surface area (Å²) in [5.41, 5.74) is 2.69. The van der Waals surface area contributed by atoms with E-state index in [2.05, 4.69) is 0 Å². The number of aliphatic hydroxyl groups is 1. The Kier molecular flexibility index (Phi) is 8.58. The first-order chi connectivity index (χ1) is 19.0. The van der Waals surface area contributed by atoms with E-state index in [1.165, 1.54) is 16.4 Å². The molecule has 1 atom stereocenters. The molecule has 0 unspecified atom stereocenters. The third-order valence-electron chi connectivity index (χ3n) is 6.43. The Morgan fingerprint density at radius 1 is 0.769 bits per heavy atom. The lowest BCUT2D eigenvalue weighted by atomic mass is 10.0. The van der Waals surface area contributed by atoms with Crippen LogP contribution in [0.1, 0.15) is 22.8 Å². The van der Waals surface area contributed by atoms with E-state index in [0.29, 0.717) is 24.7 Å². The Morgan fingerprint density at radius 2 is 1.33 bits per heavy atom. The maximum atomic E-state index is 13.8. The highest BCUT2D eigenvalue weighted by molar-refractivity contribution is 7.89. The topological polar surface area (TPSA) is 85.3 Å². The Morgan fingerprint density at radius 3 is 1.95 bits per heavy atom. The van der Waals surface area contributed by atoms with E-state index < -0.39 is 22.2 Å². The molecule has 0 fully saturated rings. The second-order valence-electron chi connectivity index (χ2n) is 9.28. The molecule has 0 spiro atoms. The molecule has 0 saturated heterocycles. The number of sulfonamides is 1. The maximum Gasteiger partial charge on any atom is 0.243 e. The van der Waals surface area contributed by atoms with Gasteiger partial charge in [-0.25, -0.2) is 8.42 Å². The first kappa shape index (κ1) is 26.9. The molecule has 1 aliphatic heterocycles. The summed E-state index contributed by atoms with van der Waals surface area (Å²) in [4.78, 5) is 0.0715. The van der Waals surface area contributed by atoms with Crippen LogP contribution in [-0.4, -0.2) is 50.3 Å². The third kappa shape index (κ3) is 6.66. The van der Waals surface area contributed by atoms with Gasteiger partial charge >= 0.3 is 0 Å². The minimum Gasteiger partial charge on any atom is -0.486 e. The summed E-state index contributed by atoms with van der Waals surface area (Å²) < 4.78 is 46.3. The van der Waals surface area contributed by atoms with Crippen LogP contribution >= 0.6 is 0 Å². The quantitative estimate of drug-likeness (QED) is 0.291. The average Bonchev–Trinajstić information content (AvgIpc) is 2.98. The molecule has 1 aliphatic rings. The van der Waals surface area contributed by atoms with Crippen LogP contribution < -0.4 is 9.47 Å². The Labute approximate surface area is 229 Å². The summed E-state index contributed by atoms with van der Waals surface area (Å²) in [7, 11) is -3.99. The molecule has 0 bridgehead atoms. The summed E-state index contributed by atoms with van der Waals surface area (Å²) in [5, 5.41) is 11.1. The molecular weight excluding hydrogens is 514 g/mol. The van der Waals surface area contributed by atoms with E-state index in [1.807, 2.05) is 91.0 Å². The van der Waals surface area contributed by atoms with Crippen molar-refractivity contribution in [2.75, 3.05) is 26.4 Å². The first-order valence-corrected chi connectivity index (χ1v) is 14.3. The van der Waals surface area contributed by atoms with E-state index in [9.17, 15) is 13.5 Å². The largest absolute Gasteiger partial charge is 0.486 e. The van der Waals surface area contributed by atoms with E-state index in [-0.39, 0.29) is 24.6 Å². The van der Waals surface area contributed by atoms with Crippen molar-refractivity contribution in [3.05, 3.63) is 126 Å². The van der Waals surface area contributed by atoms with E-state index >= 15 is 0 Å². The predicted octanol–water partition coefficient (Wildman–Crippen LogP) is 4.82. The monoisotopic (exact) mass is 545 g/mol. The SMILES string of the molecule is O=S(=O)(c1ccc2c(c1)OCCO2)N(Cc1ccccc1)C[C@H](O)COC(c1ccccc1)c1ccccc1. The Hall–Kier alpha value is -3.69. The number of rotatable bonds is 11. The molecule has 8 heteroatoms. The van der Waals surface area contributed by atoms with Crippen LogP contribution in [0.2, 0.25) is 0 Å². The van der Waals surface area contributed by atoms with Crippen molar-refractivity contribution in [3.63, 3.8) is 0 Å². The summed E-state index contributed by atoms with van der Waals surface area (Å²) in [6.07, 6.45) is -1.48. The number of fused-ring (bicyclic) bond motifs is 1. The molecule has 0 amide bonds. The lowest BCUT2D eigenvalue weighted by Gasteiger charge is -2.27. The minimum absolute atomic E-state index is 0.0591. The number of ether oxygens (including phenoxy) is 3. The second-order valence-corrected chi connectivity index (χ2v) is 11.2. The number of benzene rings is 4. The molecule has 0 saturated carbocycles. The minimum atomic E-state index is -3.99. The Balaban J connectivity index is 1.36. The number of hydrogen-bond donors (Lipinski definition) is 1. The maximum absolute atomic E-state index is 13.8. The summed E-state index contributed by atoms with van der Waals surface area (Å²) >= 11 is 0. The highest BCUT2D eigenvalue weighted by Gasteiger charge is 2.29. The molecule has 0 aromatic heterocycles. The van der Waals surface area contributed by atoms with Crippen LogP contribution in [0.15, 0.2) is 114 Å². The number of hydrogen-bond acceptors (Lipinski definition) is 6. The number of nitrogens with zero attached hydrogens (tertiary/aromatic N) is 1. The smallest absolute Gasteiger partial charge is 0.243 e. The van der Waals surface area contributed by atoms with Crippen molar-refractivity contribution < 1.29 is 27.7 Å². The molecule has 4 aromatic rings. The van der Waals surface area contributed by atoms with Crippen LogP contribution in [0.3, 0.4) is 0 Å². The number of aliphatic hydroxyl groups excluding tert-OH is 1. The van der Waals surface area contributed by atoms with Crippen molar-refractivity contribution >= 4 is 10.0 Å². The predicted molar refractivity (Wildman–Crippen MR) is 148 cm³/mol. The van der Waals surface area contributed by atoms with Crippen LogP contribution in [0, 0.1) is 0 Å². The van der Waals surface area contributed by atoms with Crippen molar-refractivity contribution in [2.24, 2.45) is 0 Å². The third-order valence-corrected chi connectivity index (χ3v) is 8.24. The van der Waals surface area contributed by atoms with E-state index in [1.54, 1.807) is 6.07 Å². The lowest BCUT2D eigenvalue weighted by molar-refractivity contribution is -0.000780. The lowest BCUT2D eigenvalue weighted by Crippen LogP contribution is -2.39. The zero-order valence-corrected chi connectivity index (χ0v) is 22.2. The van der Waals surface area contributed by atoms with Crippen molar-refractivity contribution in [1.82, 2.24) is 4.31 Å². The summed E-state index contributed by atoms with van der Waals surface area (Å²) in [6, 6.07) is 33.4. The average molecular weight is 546 g/mol. The van der Waals surface area contributed by atoms with Gasteiger partial charge in [-0.3, -0.25) is 0 Å². The Bertz CT molecular complexity index is 1410. The van der Waals surface area contributed by atoms with E-state index in [0.717, 1.165) is 16.7 Å². The van der Waals surface area contributed by atoms with Gasteiger partial charge in [0.1, 0.15) is 19.3 Å². The fraction of sp³-hybridized carbons (Fsp3) is 0.226. The standard InChI is InChI=1S/C31H31NO6S/c33-27(23-38-31(25-12-6-2-7-13-25)26-14-8-3-9-15-26)22-32(21-24-10-4-1-5-11-24)39(34,35)28-16-17-29-30(20-28)37-19-18-36-29/h1-17,20,27,31,33H,18-19,21-23H2/t27-/m0/s1. The zero-order valence-electron chi connectivity index (χ0n) is 21.4. The van der Waals surface area contributed by atoms with E-state index in [4.69, 9.17) is 14.2 Å². The fourth-order valence-electron chi connectivity index (χ4n) is 4.50. The fourth-order valence-corrected chi connectivity index (χ4v) is 5.99. The molecule has 5 rings (SSSR count). The highest BCUT2D eigenvalue weighted by Crippen LogP contribution is 2.33. The highest BCUT2D eigenvalue weighted by atomic mass is 32.2. The van der Waals surface area contributed by atoms with Crippen LogP contribution in [0.4, 0.5) is 0 Å². The van der Waals surface area contributed by atoms with Crippen LogP contribution in [0.25, 0.3) is 0 Å². The summed E-state index contributed by atoms with van der Waals surface area (Å²) in [6.45, 7) is 0.649. The van der Waals surface area contributed by atoms with Gasteiger partial charge in [0.05, 0.1) is 17.6 Å². The van der Waals surface area contributed by atoms with Gasteiger partial charge in [-0.1, -0.05) is 91.0 Å². The molecule has 39 heavy (non-hydrogen) atoms. The van der Waals surface area contributed by atoms with Gasteiger partial charge in [0.2, 0.25) is 10.0 Å². The van der Waals surface area contributed by atoms with Gasteiger partial charge in [0.25, 0.3) is 0 Å². The van der Waals surface area contributed by atoms with Crippen molar-refractivity contribution in [1.29, 1.82) is 0 Å². The molecule has 4 aromatic carbocycles. The van der Waals surface area contributed by atoms with Gasteiger partial charge < -0.3 is 19.3 Å². The molecule has 0 aliphatic carbocycles. The van der Waals surface area contributed by atoms with Gasteiger partial charge in [0.15, 0.2) is 11.5 Å². The van der Waals surface area contributed by atoms with Gasteiger partial charge in [0, 0.05) is 19.2 Å². The zero-order chi connectivity index (χ0) is 27.1. The van der Waals surface area contributed by atoms with Crippen LogP contribution in [-0.2, 0) is 21.3 Å². The van der Waals surface area contributed by atoms with Gasteiger partial charge in [-0.2, -0.15) is 4.31 Å². The van der Waals surface area contributed by atoms with Gasteiger partial charge in [-0.05, 0) is 28.8 Å². The molecule has 1 heterocycles. The van der Waals surface area contributed by atoms with Crippen molar-refractivity contribution in [3.8, 4) is 11.5 Å². The molecule has 0 radical (unpaired) electrons. The molecule has 202 valence electrons. The first-order valence-electron chi connectivity index (χ1n) is 12.8.